The van der Waals surface area contributed by atoms with Gasteiger partial charge in [0.1, 0.15) is 11.3 Å². The molecule has 3 nitrogen and oxygen atoms in total. The van der Waals surface area contributed by atoms with Crippen LogP contribution in [0, 0.1) is 0 Å². The zero-order valence-corrected chi connectivity index (χ0v) is 34.9. The Morgan fingerprint density at radius 1 is 0.328 bits per heavy atom. The van der Waals surface area contributed by atoms with Crippen LogP contribution < -0.4 is 9.80 Å². The van der Waals surface area contributed by atoms with E-state index in [1.165, 1.54) is 49.7 Å². The zero-order chi connectivity index (χ0) is 42.2. The van der Waals surface area contributed by atoms with E-state index >= 15 is 0 Å². The summed E-state index contributed by atoms with van der Waals surface area (Å²) in [4.78, 5) is 4.85. The quantitative estimate of drug-likeness (QED) is 0.160. The number of fused-ring (bicyclic) bond motifs is 13. The van der Waals surface area contributed by atoms with Gasteiger partial charge in [0, 0.05) is 50.2 Å². The molecule has 0 saturated heterocycles. The second kappa shape index (κ2) is 14.3. The van der Waals surface area contributed by atoms with Gasteiger partial charge in [-0.05, 0) is 112 Å². The average Bonchev–Trinajstić information content (AvgIpc) is 3.99. The number of rotatable bonds is 7. The Bertz CT molecular complexity index is 3570. The fourth-order valence-corrected chi connectivity index (χ4v) is 10.8. The van der Waals surface area contributed by atoms with Crippen LogP contribution in [-0.4, -0.2) is 0 Å². The van der Waals surface area contributed by atoms with Gasteiger partial charge in [-0.25, -0.2) is 0 Å². The van der Waals surface area contributed by atoms with E-state index in [2.05, 4.69) is 252 Å². The van der Waals surface area contributed by atoms with Crippen LogP contribution in [0.15, 0.2) is 247 Å². The molecule has 0 fully saturated rings. The second-order valence-corrected chi connectivity index (χ2v) is 16.8. The van der Waals surface area contributed by atoms with Crippen LogP contribution >= 0.6 is 0 Å². The first kappa shape index (κ1) is 36.3. The molecule has 3 heteroatoms. The highest BCUT2D eigenvalue weighted by molar-refractivity contribution is 6.04. The number of nitrogens with zero attached hydrogens (tertiary/aromatic N) is 2. The van der Waals surface area contributed by atoms with E-state index in [-0.39, 0.29) is 0 Å². The van der Waals surface area contributed by atoms with E-state index in [4.69, 9.17) is 4.42 Å². The molecular weight excluding hydrogens is 777 g/mol. The van der Waals surface area contributed by atoms with Crippen molar-refractivity contribution in [1.82, 2.24) is 0 Å². The standard InChI is InChI=1S/C61H40N2O/c1-4-19-41(20-5-1)47-28-13-16-32-56(47)62(43-23-6-2-7-24-43)46-36-38-51-55(40-46)61(59-52-30-14-17-34-58(52)64-60(51)59)53-31-15-12-29-49(53)50-37-35-45(39-54(50)61)63(44-25-8-3-9-26-44)57-33-18-22-42-21-10-11-27-48(42)57/h1-40H. The summed E-state index contributed by atoms with van der Waals surface area (Å²) in [5.74, 6) is 0.931. The molecule has 0 aliphatic heterocycles. The highest BCUT2D eigenvalue weighted by Crippen LogP contribution is 2.66. The lowest BCUT2D eigenvalue weighted by atomic mass is 9.70. The van der Waals surface area contributed by atoms with E-state index in [0.29, 0.717) is 0 Å². The van der Waals surface area contributed by atoms with Crippen molar-refractivity contribution in [2.45, 2.75) is 5.41 Å². The Labute approximate surface area is 372 Å². The summed E-state index contributed by atoms with van der Waals surface area (Å²) in [7, 11) is 0. The maximum Gasteiger partial charge on any atom is 0.140 e. The molecule has 13 rings (SSSR count). The van der Waals surface area contributed by atoms with Crippen LogP contribution in [0.25, 0.3) is 55.3 Å². The highest BCUT2D eigenvalue weighted by Gasteiger charge is 2.55. The largest absolute Gasteiger partial charge is 0.456 e. The first-order valence-corrected chi connectivity index (χ1v) is 22.0. The van der Waals surface area contributed by atoms with Gasteiger partial charge in [0.05, 0.1) is 16.8 Å². The molecule has 2 aliphatic carbocycles. The number of hydrogen-bond acceptors (Lipinski definition) is 3. The smallest absolute Gasteiger partial charge is 0.140 e. The monoisotopic (exact) mass is 816 g/mol. The van der Waals surface area contributed by atoms with Gasteiger partial charge >= 0.3 is 0 Å². The predicted octanol–water partition coefficient (Wildman–Crippen LogP) is 16.5. The normalized spacial score (nSPS) is 14.3. The summed E-state index contributed by atoms with van der Waals surface area (Å²) in [6.07, 6.45) is 0. The van der Waals surface area contributed by atoms with Crippen molar-refractivity contribution < 1.29 is 4.42 Å². The lowest BCUT2D eigenvalue weighted by Gasteiger charge is -2.33. The first-order valence-electron chi connectivity index (χ1n) is 22.0. The zero-order valence-electron chi connectivity index (χ0n) is 34.9. The minimum Gasteiger partial charge on any atom is -0.456 e. The van der Waals surface area contributed by atoms with Crippen molar-refractivity contribution in [3.05, 3.63) is 265 Å². The van der Waals surface area contributed by atoms with Gasteiger partial charge in [0.15, 0.2) is 0 Å². The lowest BCUT2D eigenvalue weighted by molar-refractivity contribution is 0.628. The molecule has 10 aromatic carbocycles. The van der Waals surface area contributed by atoms with Crippen LogP contribution in [0.1, 0.15) is 22.3 Å². The summed E-state index contributed by atoms with van der Waals surface area (Å²) in [6, 6.07) is 88.1. The lowest BCUT2D eigenvalue weighted by Crippen LogP contribution is -2.26. The van der Waals surface area contributed by atoms with Crippen LogP contribution in [0.2, 0.25) is 0 Å². The molecule has 0 radical (unpaired) electrons. The Balaban J connectivity index is 1.11. The Kier molecular flexibility index (Phi) is 8.13. The van der Waals surface area contributed by atoms with Gasteiger partial charge in [-0.2, -0.15) is 0 Å². The van der Waals surface area contributed by atoms with Crippen LogP contribution in [-0.2, 0) is 5.41 Å². The minimum atomic E-state index is -0.697. The number of hydrogen-bond donors (Lipinski definition) is 0. The summed E-state index contributed by atoms with van der Waals surface area (Å²) in [5, 5.41) is 3.53. The SMILES string of the molecule is c1ccc(-c2ccccc2N(c2ccccc2)c2ccc3c(c2)C2(c4ccccc4-c4ccc(N(c5ccccc5)c5cccc6ccccc56)cc42)c2c-3oc3ccccc23)cc1. The van der Waals surface area contributed by atoms with Crippen molar-refractivity contribution in [3.8, 4) is 33.6 Å². The topological polar surface area (TPSA) is 19.6 Å². The highest BCUT2D eigenvalue weighted by atomic mass is 16.3. The third-order valence-corrected chi connectivity index (χ3v) is 13.4. The molecule has 0 saturated carbocycles. The van der Waals surface area contributed by atoms with Gasteiger partial charge in [0.25, 0.3) is 0 Å². The van der Waals surface area contributed by atoms with E-state index in [1.54, 1.807) is 0 Å². The number of para-hydroxylation sites is 4. The van der Waals surface area contributed by atoms with E-state index in [1.807, 2.05) is 0 Å². The molecule has 64 heavy (non-hydrogen) atoms. The second-order valence-electron chi connectivity index (χ2n) is 16.8. The summed E-state index contributed by atoms with van der Waals surface area (Å²) < 4.78 is 7.04. The molecule has 1 spiro atoms. The number of furan rings is 1. The molecule has 11 aromatic rings. The van der Waals surface area contributed by atoms with Crippen molar-refractivity contribution >= 4 is 55.9 Å². The molecule has 1 heterocycles. The Morgan fingerprint density at radius 2 is 0.844 bits per heavy atom. The van der Waals surface area contributed by atoms with Crippen molar-refractivity contribution in [3.63, 3.8) is 0 Å². The molecule has 0 amide bonds. The fraction of sp³-hybridized carbons (Fsp3) is 0.0164. The van der Waals surface area contributed by atoms with Gasteiger partial charge < -0.3 is 14.2 Å². The maximum atomic E-state index is 7.04. The fourth-order valence-electron chi connectivity index (χ4n) is 10.8. The minimum absolute atomic E-state index is 0.697. The van der Waals surface area contributed by atoms with Crippen LogP contribution in [0.5, 0.6) is 0 Å². The molecule has 300 valence electrons. The van der Waals surface area contributed by atoms with Gasteiger partial charge in [-0.15, -0.1) is 0 Å². The van der Waals surface area contributed by atoms with Gasteiger partial charge in [0.2, 0.25) is 0 Å². The molecular formula is C61H40N2O. The first-order chi connectivity index (χ1) is 31.8. The molecule has 1 unspecified atom stereocenters. The van der Waals surface area contributed by atoms with E-state index < -0.39 is 5.41 Å². The molecule has 0 bridgehead atoms. The molecule has 1 aromatic heterocycles. The van der Waals surface area contributed by atoms with Crippen molar-refractivity contribution in [2.24, 2.45) is 0 Å². The average molecular weight is 817 g/mol. The maximum absolute atomic E-state index is 7.04. The third-order valence-electron chi connectivity index (χ3n) is 13.4. The number of anilines is 6. The van der Waals surface area contributed by atoms with Gasteiger partial charge in [-0.3, -0.25) is 0 Å². The van der Waals surface area contributed by atoms with Crippen molar-refractivity contribution in [2.75, 3.05) is 9.80 Å². The van der Waals surface area contributed by atoms with Crippen LogP contribution in [0.4, 0.5) is 34.1 Å². The summed E-state index contributed by atoms with van der Waals surface area (Å²) in [5.41, 5.74) is 17.6. The van der Waals surface area contributed by atoms with Crippen molar-refractivity contribution in [1.29, 1.82) is 0 Å². The van der Waals surface area contributed by atoms with Crippen LogP contribution in [0.3, 0.4) is 0 Å². The third kappa shape index (κ3) is 5.28. The molecule has 2 aliphatic rings. The molecule has 1 atom stereocenters. The predicted molar refractivity (Wildman–Crippen MR) is 265 cm³/mol. The van der Waals surface area contributed by atoms with E-state index in [9.17, 15) is 0 Å². The van der Waals surface area contributed by atoms with E-state index in [0.717, 1.165) is 62.0 Å². The Hall–Kier alpha value is -8.40. The summed E-state index contributed by atoms with van der Waals surface area (Å²) in [6.45, 7) is 0. The number of benzene rings is 10. The van der Waals surface area contributed by atoms with Gasteiger partial charge in [-0.1, -0.05) is 170 Å². The summed E-state index contributed by atoms with van der Waals surface area (Å²) >= 11 is 0. The Morgan fingerprint density at radius 3 is 1.59 bits per heavy atom. The molecule has 0 N–H and O–H groups in total.